The molecule has 0 spiro atoms. The van der Waals surface area contributed by atoms with Crippen LogP contribution in [0.2, 0.25) is 0 Å². The van der Waals surface area contributed by atoms with Gasteiger partial charge < -0.3 is 60.4 Å². The third kappa shape index (κ3) is 17.0. The first-order valence-corrected chi connectivity index (χ1v) is 14.9. The number of hydrogen-bond acceptors (Lipinski definition) is 13. The van der Waals surface area contributed by atoms with Gasteiger partial charge in [-0.05, 0) is 12.8 Å². The van der Waals surface area contributed by atoms with Crippen LogP contribution in [0.5, 0.6) is 0 Å². The number of hydrogen-bond donors (Lipinski definition) is 13. The standard InChI is InChI=1S/C24H40N10O11S2/c25-9(7-46)19(39)30-10(1-3-15(26)35)20(40)32-12(5-17(28)37)22(42)31-11(2-4-16(27)36)21(41)33-13(6-18(29)38)23(43)34-14(8-47)24(44)45/h9-14,46-47H,1-8,25H2,(H2,26,35)(H2,27,36)(H2,28,37)(H2,29,38)(H,30,39)(H,31,42)(H,32,40)(H,33,41)(H,34,43)(H,44,45)/t9-,10-,11-,12-,13-,14-/m0/s1. The Morgan fingerprint density at radius 3 is 1.11 bits per heavy atom. The molecule has 0 heterocycles. The summed E-state index contributed by atoms with van der Waals surface area (Å²) in [7, 11) is 0. The molecule has 0 bridgehead atoms. The molecule has 0 saturated heterocycles. The third-order valence-electron chi connectivity index (χ3n) is 6.03. The summed E-state index contributed by atoms with van der Waals surface area (Å²) in [5, 5.41) is 20.0. The Labute approximate surface area is 278 Å². The predicted molar refractivity (Wildman–Crippen MR) is 167 cm³/mol. The van der Waals surface area contributed by atoms with Crippen molar-refractivity contribution in [3.63, 3.8) is 0 Å². The minimum absolute atomic E-state index is 0.116. The Kier molecular flexibility index (Phi) is 19.1. The minimum Gasteiger partial charge on any atom is -0.480 e. The fraction of sp³-hybridized carbons (Fsp3) is 0.583. The van der Waals surface area contributed by atoms with E-state index >= 15 is 0 Å². The van der Waals surface area contributed by atoms with Gasteiger partial charge in [-0.3, -0.25) is 43.2 Å². The van der Waals surface area contributed by atoms with Crippen LogP contribution in [0.1, 0.15) is 38.5 Å². The molecule has 6 atom stereocenters. The normalized spacial score (nSPS) is 14.4. The van der Waals surface area contributed by atoms with Crippen molar-refractivity contribution in [2.24, 2.45) is 28.7 Å². The van der Waals surface area contributed by atoms with E-state index in [0.29, 0.717) is 0 Å². The number of carboxylic acids is 1. The molecule has 47 heavy (non-hydrogen) atoms. The molecule has 0 saturated carbocycles. The van der Waals surface area contributed by atoms with Crippen LogP contribution in [0, 0.1) is 0 Å². The molecule has 23 heteroatoms. The summed E-state index contributed by atoms with van der Waals surface area (Å²) in [6, 6.07) is -9.43. The van der Waals surface area contributed by atoms with Gasteiger partial charge in [-0.1, -0.05) is 0 Å². The molecule has 0 aliphatic rings. The Bertz CT molecular complexity index is 1220. The van der Waals surface area contributed by atoms with Gasteiger partial charge in [0.05, 0.1) is 18.9 Å². The second-order valence-electron chi connectivity index (χ2n) is 9.97. The summed E-state index contributed by atoms with van der Waals surface area (Å²) >= 11 is 7.69. The molecule has 264 valence electrons. The highest BCUT2D eigenvalue weighted by Gasteiger charge is 2.34. The van der Waals surface area contributed by atoms with Crippen LogP contribution in [-0.4, -0.2) is 112 Å². The van der Waals surface area contributed by atoms with Crippen LogP contribution < -0.4 is 55.3 Å². The number of nitrogens with two attached hydrogens (primary N) is 5. The van der Waals surface area contributed by atoms with Gasteiger partial charge in [-0.15, -0.1) is 0 Å². The zero-order valence-corrected chi connectivity index (χ0v) is 26.7. The topological polar surface area (TPSA) is 381 Å². The van der Waals surface area contributed by atoms with E-state index in [0.717, 1.165) is 0 Å². The smallest absolute Gasteiger partial charge is 0.327 e. The molecule has 0 aromatic carbocycles. The zero-order chi connectivity index (χ0) is 36.4. The number of nitrogens with one attached hydrogen (secondary N) is 5. The maximum Gasteiger partial charge on any atom is 0.327 e. The van der Waals surface area contributed by atoms with Crippen LogP contribution >= 0.6 is 25.3 Å². The molecule has 21 nitrogen and oxygen atoms in total. The molecule has 0 aliphatic heterocycles. The lowest BCUT2D eigenvalue weighted by Crippen LogP contribution is -2.60. The zero-order valence-electron chi connectivity index (χ0n) is 24.9. The Morgan fingerprint density at radius 2 is 0.809 bits per heavy atom. The van der Waals surface area contributed by atoms with Crippen molar-refractivity contribution in [3.05, 3.63) is 0 Å². The number of rotatable bonds is 23. The van der Waals surface area contributed by atoms with Gasteiger partial charge in [0, 0.05) is 24.3 Å². The lowest BCUT2D eigenvalue weighted by atomic mass is 10.1. The molecule has 0 unspecified atom stereocenters. The molecule has 0 aliphatic carbocycles. The Balaban J connectivity index is 6.20. The van der Waals surface area contributed by atoms with Gasteiger partial charge in [0.1, 0.15) is 30.2 Å². The quantitative estimate of drug-likeness (QED) is 0.0440. The van der Waals surface area contributed by atoms with Crippen molar-refractivity contribution in [1.82, 2.24) is 26.6 Å². The molecular weight excluding hydrogens is 668 g/mol. The van der Waals surface area contributed by atoms with E-state index in [1.54, 1.807) is 0 Å². The Hall–Kier alpha value is -4.64. The number of carboxylic acid groups (broad SMARTS) is 1. The highest BCUT2D eigenvalue weighted by molar-refractivity contribution is 7.80. The molecule has 9 amide bonds. The number of carbonyl (C=O) groups excluding carboxylic acids is 9. The first-order chi connectivity index (χ1) is 21.8. The van der Waals surface area contributed by atoms with E-state index in [1.807, 2.05) is 0 Å². The molecule has 0 fully saturated rings. The fourth-order valence-corrected chi connectivity index (χ4v) is 3.98. The van der Waals surface area contributed by atoms with Gasteiger partial charge in [0.15, 0.2) is 0 Å². The summed E-state index contributed by atoms with van der Waals surface area (Å²) in [5.41, 5.74) is 26.3. The number of aliphatic carboxylic acids is 1. The fourth-order valence-electron chi connectivity index (χ4n) is 3.57. The number of amides is 9. The van der Waals surface area contributed by atoms with Crippen LogP contribution in [0.25, 0.3) is 0 Å². The molecule has 16 N–H and O–H groups in total. The maximum absolute atomic E-state index is 13.2. The molecule has 0 rings (SSSR count). The largest absolute Gasteiger partial charge is 0.480 e. The number of carbonyl (C=O) groups is 10. The highest BCUT2D eigenvalue weighted by atomic mass is 32.1. The Morgan fingerprint density at radius 1 is 0.489 bits per heavy atom. The van der Waals surface area contributed by atoms with Crippen molar-refractivity contribution >= 4 is 84.4 Å². The average Bonchev–Trinajstić information content (AvgIpc) is 2.97. The van der Waals surface area contributed by atoms with Crippen molar-refractivity contribution in [3.8, 4) is 0 Å². The van der Waals surface area contributed by atoms with Crippen molar-refractivity contribution in [1.29, 1.82) is 0 Å². The van der Waals surface area contributed by atoms with Crippen LogP contribution in [-0.2, 0) is 47.9 Å². The van der Waals surface area contributed by atoms with E-state index in [9.17, 15) is 53.1 Å². The first-order valence-electron chi connectivity index (χ1n) is 13.7. The monoisotopic (exact) mass is 708 g/mol. The lowest BCUT2D eigenvalue weighted by molar-refractivity contribution is -0.141. The lowest BCUT2D eigenvalue weighted by Gasteiger charge is -2.26. The first kappa shape index (κ1) is 42.4. The van der Waals surface area contributed by atoms with Gasteiger partial charge in [0.2, 0.25) is 53.2 Å². The SMILES string of the molecule is NC(=O)CC[C@H](NC(=O)[C@H](CC(N)=O)NC(=O)[C@H](CCC(N)=O)NC(=O)[C@@H](N)CS)C(=O)N[C@@H](CC(N)=O)C(=O)N[C@@H](CS)C(=O)O. The summed E-state index contributed by atoms with van der Waals surface area (Å²) in [6.07, 6.45) is -3.41. The highest BCUT2D eigenvalue weighted by Crippen LogP contribution is 2.06. The summed E-state index contributed by atoms with van der Waals surface area (Å²) < 4.78 is 0. The van der Waals surface area contributed by atoms with Crippen LogP contribution in [0.15, 0.2) is 0 Å². The van der Waals surface area contributed by atoms with E-state index in [2.05, 4.69) is 51.8 Å². The summed E-state index contributed by atoms with van der Waals surface area (Å²) in [6.45, 7) is 0. The van der Waals surface area contributed by atoms with Gasteiger partial charge in [-0.25, -0.2) is 4.79 Å². The average molecular weight is 709 g/mol. The van der Waals surface area contributed by atoms with Gasteiger partial charge >= 0.3 is 5.97 Å². The molecule has 0 radical (unpaired) electrons. The number of primary amides is 4. The maximum atomic E-state index is 13.2. The minimum atomic E-state index is -1.80. The molecule has 0 aromatic heterocycles. The van der Waals surface area contributed by atoms with E-state index in [1.165, 1.54) is 0 Å². The van der Waals surface area contributed by atoms with Gasteiger partial charge in [0.25, 0.3) is 0 Å². The third-order valence-corrected chi connectivity index (χ3v) is 6.79. The van der Waals surface area contributed by atoms with Crippen molar-refractivity contribution in [2.45, 2.75) is 74.8 Å². The predicted octanol–water partition coefficient (Wildman–Crippen LogP) is -7.04. The van der Waals surface area contributed by atoms with Gasteiger partial charge in [-0.2, -0.15) is 25.3 Å². The van der Waals surface area contributed by atoms with E-state index in [4.69, 9.17) is 28.7 Å². The van der Waals surface area contributed by atoms with Crippen LogP contribution in [0.4, 0.5) is 0 Å². The second kappa shape index (κ2) is 21.2. The summed E-state index contributed by atoms with van der Waals surface area (Å²) in [4.78, 5) is 122. The van der Waals surface area contributed by atoms with Crippen molar-refractivity contribution in [2.75, 3.05) is 11.5 Å². The number of thiol groups is 2. The van der Waals surface area contributed by atoms with Crippen molar-refractivity contribution < 1.29 is 53.1 Å². The molecule has 0 aromatic rings. The second-order valence-corrected chi connectivity index (χ2v) is 10.7. The van der Waals surface area contributed by atoms with E-state index < -0.39 is 127 Å². The van der Waals surface area contributed by atoms with E-state index in [-0.39, 0.29) is 17.9 Å². The molecular formula is C24H40N10O11S2. The summed E-state index contributed by atoms with van der Waals surface area (Å²) in [5.74, 6) is -11.4. The van der Waals surface area contributed by atoms with Crippen LogP contribution in [0.3, 0.4) is 0 Å².